The number of hydrogen-bond acceptors (Lipinski definition) is 9. The van der Waals surface area contributed by atoms with E-state index in [2.05, 4.69) is 25.4 Å². The SMILES string of the molecule is CC1OC2(CCN(C(=O)c3ccccn3)CC2)c2c1n(CC(=O)Nc1ccc(C(F)(F)F)nc1Cl)c1nc(C3=CCOCC3)nn1c2=O. The van der Waals surface area contributed by atoms with Crippen LogP contribution >= 0.6 is 11.6 Å². The lowest BCUT2D eigenvalue weighted by Gasteiger charge is -2.38. The summed E-state index contributed by atoms with van der Waals surface area (Å²) in [6.07, 6.45) is -0.886. The third kappa shape index (κ3) is 5.62. The molecule has 13 nitrogen and oxygen atoms in total. The lowest BCUT2D eigenvalue weighted by atomic mass is 9.85. The van der Waals surface area contributed by atoms with Gasteiger partial charge < -0.3 is 24.3 Å². The second-order valence-corrected chi connectivity index (χ2v) is 12.1. The maximum absolute atomic E-state index is 14.3. The molecule has 2 amide bonds. The van der Waals surface area contributed by atoms with Crippen molar-refractivity contribution in [2.75, 3.05) is 31.6 Å². The molecule has 0 aliphatic carbocycles. The van der Waals surface area contributed by atoms with Gasteiger partial charge in [0.15, 0.2) is 11.0 Å². The highest BCUT2D eigenvalue weighted by atomic mass is 35.5. The lowest BCUT2D eigenvalue weighted by Crippen LogP contribution is -2.47. The molecule has 0 aromatic carbocycles. The molecule has 1 unspecified atom stereocenters. The molecule has 1 saturated heterocycles. The Morgan fingerprint density at radius 3 is 2.60 bits per heavy atom. The van der Waals surface area contributed by atoms with Gasteiger partial charge >= 0.3 is 6.18 Å². The van der Waals surface area contributed by atoms with Crippen LogP contribution in [-0.2, 0) is 32.6 Å². The molecule has 1 N–H and O–H groups in total. The number of halogens is 4. The molecular formula is C31H28ClF3N8O5. The van der Waals surface area contributed by atoms with Crippen LogP contribution in [-0.4, -0.2) is 72.2 Å². The van der Waals surface area contributed by atoms with Gasteiger partial charge in [-0.1, -0.05) is 23.7 Å². The number of nitrogens with zero attached hydrogens (tertiary/aromatic N) is 7. The average molecular weight is 685 g/mol. The number of carbonyl (C=O) groups excluding carboxylic acids is 2. The first-order valence-electron chi connectivity index (χ1n) is 15.2. The Labute approximate surface area is 275 Å². The Hall–Kier alpha value is -4.67. The van der Waals surface area contributed by atoms with Crippen molar-refractivity contribution >= 4 is 40.5 Å². The number of ether oxygens (including phenoxy) is 2. The van der Waals surface area contributed by atoms with Crippen LogP contribution < -0.4 is 10.9 Å². The molecular weight excluding hydrogens is 657 g/mol. The number of amides is 2. The van der Waals surface area contributed by atoms with Crippen molar-refractivity contribution in [1.29, 1.82) is 0 Å². The van der Waals surface area contributed by atoms with E-state index in [1.54, 1.807) is 40.8 Å². The standard InChI is InChI=1S/C31H28ClF3N8O5/c1-17-24-23(30(48-17)9-12-41(13-10-30)27(45)20-4-2-3-11-36-20)28(46)43-29(39-26(40-43)18-7-14-47-15-8-18)42(24)16-22(44)37-19-5-6-21(31(33,34)35)38-25(19)32/h2-7,11,17H,8-10,12-16H2,1H3,(H,37,44). The summed E-state index contributed by atoms with van der Waals surface area (Å²) in [7, 11) is 0. The van der Waals surface area contributed by atoms with Gasteiger partial charge in [0.25, 0.3) is 11.5 Å². The fourth-order valence-electron chi connectivity index (χ4n) is 6.51. The number of anilines is 1. The zero-order valence-electron chi connectivity index (χ0n) is 25.5. The van der Waals surface area contributed by atoms with Crippen molar-refractivity contribution in [3.8, 4) is 0 Å². The normalized spacial score (nSPS) is 19.0. The summed E-state index contributed by atoms with van der Waals surface area (Å²) in [5, 5.41) is 6.54. The molecule has 17 heteroatoms. The average Bonchev–Trinajstić information content (AvgIpc) is 3.64. The van der Waals surface area contributed by atoms with Crippen LogP contribution in [0.25, 0.3) is 11.4 Å². The van der Waals surface area contributed by atoms with E-state index in [1.165, 1.54) is 0 Å². The molecule has 0 bridgehead atoms. The predicted molar refractivity (Wildman–Crippen MR) is 164 cm³/mol. The summed E-state index contributed by atoms with van der Waals surface area (Å²) < 4.78 is 54.0. The maximum atomic E-state index is 14.3. The molecule has 250 valence electrons. The minimum atomic E-state index is -4.71. The fourth-order valence-corrected chi connectivity index (χ4v) is 6.71. The second kappa shape index (κ2) is 12.1. The first-order valence-corrected chi connectivity index (χ1v) is 15.6. The van der Waals surface area contributed by atoms with E-state index in [0.29, 0.717) is 61.3 Å². The molecule has 1 atom stereocenters. The lowest BCUT2D eigenvalue weighted by molar-refractivity contribution is -0.141. The number of alkyl halides is 3. The minimum Gasteiger partial charge on any atom is -0.377 e. The van der Waals surface area contributed by atoms with E-state index in [9.17, 15) is 27.6 Å². The summed E-state index contributed by atoms with van der Waals surface area (Å²) >= 11 is 6.01. The van der Waals surface area contributed by atoms with E-state index >= 15 is 0 Å². The highest BCUT2D eigenvalue weighted by Crippen LogP contribution is 2.48. The molecule has 48 heavy (non-hydrogen) atoms. The number of likely N-dealkylation sites (tertiary alicyclic amines) is 1. The molecule has 1 spiro atoms. The molecule has 7 heterocycles. The van der Waals surface area contributed by atoms with Gasteiger partial charge in [0.2, 0.25) is 11.7 Å². The summed E-state index contributed by atoms with van der Waals surface area (Å²) in [5.74, 6) is -0.502. The van der Waals surface area contributed by atoms with Crippen LogP contribution in [0.2, 0.25) is 5.15 Å². The third-order valence-corrected chi connectivity index (χ3v) is 9.02. The third-order valence-electron chi connectivity index (χ3n) is 8.74. The zero-order valence-corrected chi connectivity index (χ0v) is 26.2. The summed E-state index contributed by atoms with van der Waals surface area (Å²) in [5.41, 5.74) is -1.03. The van der Waals surface area contributed by atoms with Crippen LogP contribution in [0, 0.1) is 0 Å². The first-order chi connectivity index (χ1) is 22.9. The molecule has 1 fully saturated rings. The van der Waals surface area contributed by atoms with Gasteiger partial charge in [-0.15, -0.1) is 5.10 Å². The molecule has 4 aromatic heterocycles. The molecule has 3 aliphatic heterocycles. The van der Waals surface area contributed by atoms with Gasteiger partial charge in [0.1, 0.15) is 23.5 Å². The largest absolute Gasteiger partial charge is 0.433 e. The van der Waals surface area contributed by atoms with Crippen molar-refractivity contribution in [3.63, 3.8) is 0 Å². The maximum Gasteiger partial charge on any atom is 0.433 e. The monoisotopic (exact) mass is 684 g/mol. The van der Waals surface area contributed by atoms with Gasteiger partial charge in [-0.2, -0.15) is 22.7 Å². The van der Waals surface area contributed by atoms with Crippen LogP contribution in [0.4, 0.5) is 18.9 Å². The van der Waals surface area contributed by atoms with Gasteiger partial charge in [0, 0.05) is 19.3 Å². The zero-order chi connectivity index (χ0) is 33.8. The van der Waals surface area contributed by atoms with Crippen molar-refractivity contribution in [2.24, 2.45) is 0 Å². The number of pyridine rings is 2. The quantitative estimate of drug-likeness (QED) is 0.308. The highest BCUT2D eigenvalue weighted by Gasteiger charge is 2.50. The number of hydrogen-bond donors (Lipinski definition) is 1. The van der Waals surface area contributed by atoms with Crippen LogP contribution in [0.3, 0.4) is 0 Å². The van der Waals surface area contributed by atoms with Crippen molar-refractivity contribution in [2.45, 2.75) is 50.6 Å². The fraction of sp³-hybridized carbons (Fsp3) is 0.387. The van der Waals surface area contributed by atoms with Crippen molar-refractivity contribution < 1.29 is 32.2 Å². The Balaban J connectivity index is 1.27. The minimum absolute atomic E-state index is 0.0863. The highest BCUT2D eigenvalue weighted by molar-refractivity contribution is 6.32. The van der Waals surface area contributed by atoms with Crippen molar-refractivity contribution in [3.05, 3.63) is 86.6 Å². The van der Waals surface area contributed by atoms with Gasteiger partial charge in [0.05, 0.1) is 36.3 Å². The Kier molecular flexibility index (Phi) is 8.04. The predicted octanol–water partition coefficient (Wildman–Crippen LogP) is 4.02. The first kappa shape index (κ1) is 31.9. The number of aromatic nitrogens is 6. The van der Waals surface area contributed by atoms with E-state index in [1.807, 2.05) is 6.08 Å². The van der Waals surface area contributed by atoms with Gasteiger partial charge in [-0.05, 0) is 56.0 Å². The van der Waals surface area contributed by atoms with E-state index < -0.39 is 46.7 Å². The van der Waals surface area contributed by atoms with Crippen LogP contribution in [0.15, 0.2) is 47.4 Å². The number of carbonyl (C=O) groups is 2. The topological polar surface area (TPSA) is 146 Å². The Bertz CT molecular complexity index is 2020. The number of rotatable bonds is 5. The van der Waals surface area contributed by atoms with Crippen LogP contribution in [0.1, 0.15) is 65.6 Å². The molecule has 4 aromatic rings. The summed E-state index contributed by atoms with van der Waals surface area (Å²) in [4.78, 5) is 54.7. The van der Waals surface area contributed by atoms with Crippen molar-refractivity contribution in [1.82, 2.24) is 34.0 Å². The number of fused-ring (bicyclic) bond motifs is 3. The van der Waals surface area contributed by atoms with E-state index in [0.717, 1.165) is 16.2 Å². The molecule has 3 aliphatic rings. The summed E-state index contributed by atoms with van der Waals surface area (Å²) in [6, 6.07) is 6.84. The second-order valence-electron chi connectivity index (χ2n) is 11.7. The molecule has 0 saturated carbocycles. The number of nitrogens with one attached hydrogen (secondary N) is 1. The molecule has 7 rings (SSSR count). The Morgan fingerprint density at radius 1 is 1.15 bits per heavy atom. The van der Waals surface area contributed by atoms with E-state index in [-0.39, 0.29) is 30.5 Å². The summed E-state index contributed by atoms with van der Waals surface area (Å²) in [6.45, 7) is 2.74. The van der Waals surface area contributed by atoms with Gasteiger partial charge in [-0.3, -0.25) is 19.4 Å². The smallest absolute Gasteiger partial charge is 0.377 e. The van der Waals surface area contributed by atoms with Gasteiger partial charge in [-0.25, -0.2) is 4.98 Å². The molecule has 0 radical (unpaired) electrons. The Morgan fingerprint density at radius 2 is 1.94 bits per heavy atom. The van der Waals surface area contributed by atoms with Crippen LogP contribution in [0.5, 0.6) is 0 Å². The number of piperidine rings is 1. The van der Waals surface area contributed by atoms with E-state index in [4.69, 9.17) is 21.1 Å².